The number of rotatable bonds is 2. The van der Waals surface area contributed by atoms with E-state index in [2.05, 4.69) is 21.1 Å². The highest BCUT2D eigenvalue weighted by atomic mass is 35.5. The summed E-state index contributed by atoms with van der Waals surface area (Å²) < 4.78 is 8.94. The summed E-state index contributed by atoms with van der Waals surface area (Å²) in [5.41, 5.74) is 0. The monoisotopic (exact) mass is 126 g/mol. The minimum Gasteiger partial charge on any atom is -0.359 e. The van der Waals surface area contributed by atoms with E-state index in [1.165, 1.54) is 6.38 Å². The first kappa shape index (κ1) is 10.2. The molecule has 0 aliphatic carbocycles. The zero-order valence-electron chi connectivity index (χ0n) is 4.90. The van der Waals surface area contributed by atoms with Gasteiger partial charge in [0, 0.05) is 20.6 Å². The molecule has 0 amide bonds. The molecule has 0 aromatic heterocycles. The zero-order valence-corrected chi connectivity index (χ0v) is 5.66. The van der Waals surface area contributed by atoms with Gasteiger partial charge in [0.25, 0.3) is 0 Å². The lowest BCUT2D eigenvalue weighted by atomic mass is 11.4. The molecule has 0 aromatic carbocycles. The van der Waals surface area contributed by atoms with Gasteiger partial charge in [-0.1, -0.05) is 0 Å². The Hall–Kier alpha value is 0.210. The van der Waals surface area contributed by atoms with Gasteiger partial charge in [0.15, 0.2) is 0 Å². The van der Waals surface area contributed by atoms with E-state index >= 15 is 0 Å². The Balaban J connectivity index is 0. The summed E-state index contributed by atoms with van der Waals surface area (Å²) in [6, 6.07) is 0. The van der Waals surface area contributed by atoms with E-state index in [0.717, 1.165) is 0 Å². The Labute approximate surface area is 49.4 Å². The van der Waals surface area contributed by atoms with Crippen LogP contribution in [-0.2, 0) is 9.47 Å². The van der Waals surface area contributed by atoms with Crippen LogP contribution in [0.4, 0.5) is 0 Å². The smallest absolute Gasteiger partial charge is 0.145 e. The molecule has 3 heteroatoms. The lowest BCUT2D eigenvalue weighted by molar-refractivity contribution is -0.00271. The fourth-order valence-electron chi connectivity index (χ4n) is 0.118. The average Bonchev–Trinajstić information content (AvgIpc) is 1.75. The first-order chi connectivity index (χ1) is 3.41. The van der Waals surface area contributed by atoms with Gasteiger partial charge >= 0.3 is 0 Å². The van der Waals surface area contributed by atoms with Crippen LogP contribution in [0.2, 0.25) is 0 Å². The molecule has 0 heterocycles. The molecule has 0 spiro atoms. The number of ether oxygens (including phenoxy) is 2. The Morgan fingerprint density at radius 3 is 1.43 bits per heavy atom. The van der Waals surface area contributed by atoms with Crippen molar-refractivity contribution in [2.24, 2.45) is 0 Å². The summed E-state index contributed by atoms with van der Waals surface area (Å²) in [5, 5.41) is 0. The molecule has 0 aliphatic heterocycles. The van der Waals surface area contributed by atoms with Crippen LogP contribution in [0.5, 0.6) is 0 Å². The van der Waals surface area contributed by atoms with Gasteiger partial charge < -0.3 is 9.47 Å². The van der Waals surface area contributed by atoms with E-state index in [1.54, 1.807) is 14.2 Å². The third-order valence-corrected chi connectivity index (χ3v) is 0.236. The fourth-order valence-corrected chi connectivity index (χ4v) is 0.118. The predicted octanol–water partition coefficient (Wildman–Crippen LogP) is 1.09. The van der Waals surface area contributed by atoms with E-state index in [4.69, 9.17) is 0 Å². The molecule has 7 heavy (non-hydrogen) atoms. The molecule has 0 saturated carbocycles. The van der Waals surface area contributed by atoms with E-state index in [1.807, 2.05) is 0 Å². The van der Waals surface area contributed by atoms with Gasteiger partial charge in [0.2, 0.25) is 0 Å². The van der Waals surface area contributed by atoms with Crippen molar-refractivity contribution in [2.45, 2.75) is 0 Å². The molecule has 46 valence electrons. The van der Waals surface area contributed by atoms with Crippen LogP contribution in [0.3, 0.4) is 0 Å². The van der Waals surface area contributed by atoms with E-state index in [9.17, 15) is 0 Å². The minimum absolute atomic E-state index is 0.389. The molecule has 0 aliphatic rings. The Morgan fingerprint density at radius 1 is 1.14 bits per heavy atom. The molecule has 0 aromatic rings. The summed E-state index contributed by atoms with van der Waals surface area (Å²) in [6.45, 7) is 0.389. The molecular weight excluding hydrogens is 115 g/mol. The quantitative estimate of drug-likeness (QED) is 0.408. The molecule has 0 saturated heterocycles. The van der Waals surface area contributed by atoms with E-state index in [-0.39, 0.29) is 0 Å². The highest BCUT2D eigenvalue weighted by Gasteiger charge is 1.63. The van der Waals surface area contributed by atoms with Crippen molar-refractivity contribution in [3.63, 3.8) is 0 Å². The number of halogens is 1. The molecule has 0 unspecified atom stereocenters. The van der Waals surface area contributed by atoms with Gasteiger partial charge in [-0.05, 0) is 0 Å². The van der Waals surface area contributed by atoms with Crippen LogP contribution in [0, 0.1) is 0 Å². The Bertz CT molecular complexity index is 17.2. The highest BCUT2D eigenvalue weighted by Crippen LogP contribution is 1.60. The molecule has 0 atom stereocenters. The molecule has 2 nitrogen and oxygen atoms in total. The number of hydrogen-bond donors (Lipinski definition) is 0. The molecule has 0 radical (unpaired) electrons. The van der Waals surface area contributed by atoms with Crippen molar-refractivity contribution in [1.82, 2.24) is 0 Å². The van der Waals surface area contributed by atoms with Gasteiger partial charge in [-0.2, -0.15) is 0 Å². The minimum atomic E-state index is 0.389. The molecule has 0 fully saturated rings. The molecule has 0 bridgehead atoms. The lowest BCUT2D eigenvalue weighted by Crippen LogP contribution is -1.87. The topological polar surface area (TPSA) is 18.5 Å². The van der Waals surface area contributed by atoms with Crippen LogP contribution in [-0.4, -0.2) is 27.4 Å². The summed E-state index contributed by atoms with van der Waals surface area (Å²) in [5.74, 6) is 0. The maximum Gasteiger partial charge on any atom is 0.145 e. The SMILES string of the molecule is CCl.COCOC. The Kier molecular flexibility index (Phi) is 23.9. The highest BCUT2D eigenvalue weighted by molar-refractivity contribution is 6.15. The third kappa shape index (κ3) is 22.5. The van der Waals surface area contributed by atoms with Crippen LogP contribution in [0.25, 0.3) is 0 Å². The largest absolute Gasteiger partial charge is 0.359 e. The molecular formula is C4H11ClO2. The fraction of sp³-hybridized carbons (Fsp3) is 1.00. The van der Waals surface area contributed by atoms with Crippen LogP contribution in [0.1, 0.15) is 0 Å². The van der Waals surface area contributed by atoms with Gasteiger partial charge in [-0.25, -0.2) is 0 Å². The molecule has 0 rings (SSSR count). The van der Waals surface area contributed by atoms with Crippen molar-refractivity contribution in [2.75, 3.05) is 27.4 Å². The van der Waals surface area contributed by atoms with Crippen molar-refractivity contribution in [3.05, 3.63) is 0 Å². The van der Waals surface area contributed by atoms with Crippen LogP contribution >= 0.6 is 11.6 Å². The maximum absolute atomic E-state index is 4.64. The van der Waals surface area contributed by atoms with Crippen molar-refractivity contribution in [1.29, 1.82) is 0 Å². The van der Waals surface area contributed by atoms with E-state index < -0.39 is 0 Å². The maximum atomic E-state index is 4.64. The second kappa shape index (κ2) is 16.4. The second-order valence-corrected chi connectivity index (χ2v) is 0.695. The second-order valence-electron chi connectivity index (χ2n) is 0.695. The zero-order chi connectivity index (χ0) is 6.12. The third-order valence-electron chi connectivity index (χ3n) is 0.236. The lowest BCUT2D eigenvalue weighted by Gasteiger charge is -1.87. The predicted molar refractivity (Wildman–Crippen MR) is 30.7 cm³/mol. The normalized spacial score (nSPS) is 6.86. The molecule has 0 N–H and O–H groups in total. The van der Waals surface area contributed by atoms with Crippen molar-refractivity contribution >= 4 is 11.6 Å². The van der Waals surface area contributed by atoms with Gasteiger partial charge in [-0.15, -0.1) is 11.6 Å². The summed E-state index contributed by atoms with van der Waals surface area (Å²) in [7, 11) is 3.17. The summed E-state index contributed by atoms with van der Waals surface area (Å²) >= 11 is 4.64. The first-order valence-corrected chi connectivity index (χ1v) is 2.53. The average molecular weight is 127 g/mol. The number of methoxy groups -OCH3 is 2. The number of alkyl halides is 1. The van der Waals surface area contributed by atoms with Crippen LogP contribution < -0.4 is 0 Å². The number of hydrogen-bond acceptors (Lipinski definition) is 2. The van der Waals surface area contributed by atoms with Crippen LogP contribution in [0.15, 0.2) is 0 Å². The summed E-state index contributed by atoms with van der Waals surface area (Å²) in [4.78, 5) is 0. The van der Waals surface area contributed by atoms with Crippen molar-refractivity contribution in [3.8, 4) is 0 Å². The standard InChI is InChI=1S/C3H8O2.CH3Cl/c1-4-3-5-2;1-2/h3H2,1-2H3;1H3. The van der Waals surface area contributed by atoms with E-state index in [0.29, 0.717) is 6.79 Å². The Morgan fingerprint density at radius 2 is 1.43 bits per heavy atom. The first-order valence-electron chi connectivity index (χ1n) is 1.77. The van der Waals surface area contributed by atoms with Crippen molar-refractivity contribution < 1.29 is 9.47 Å². The van der Waals surface area contributed by atoms with Gasteiger partial charge in [0.05, 0.1) is 0 Å². The van der Waals surface area contributed by atoms with Gasteiger partial charge in [0.1, 0.15) is 6.79 Å². The summed E-state index contributed by atoms with van der Waals surface area (Å²) in [6.07, 6.45) is 1.47. The van der Waals surface area contributed by atoms with Gasteiger partial charge in [-0.3, -0.25) is 0 Å².